The Morgan fingerprint density at radius 1 is 1.33 bits per heavy atom. The minimum absolute atomic E-state index is 0. The number of hydrogen-bond acceptors (Lipinski definition) is 3. The van der Waals surface area contributed by atoms with Crippen LogP contribution in [-0.4, -0.2) is 0 Å². The molecule has 2 aromatic heterocycles. The van der Waals surface area contributed by atoms with E-state index in [4.69, 9.17) is 5.73 Å². The third kappa shape index (κ3) is 3.05. The predicted octanol–water partition coefficient (Wildman–Crippen LogP) is 4.80. The highest BCUT2D eigenvalue weighted by Gasteiger charge is 2.13. The zero-order valence-electron chi connectivity index (χ0n) is 7.44. The Morgan fingerprint density at radius 3 is 2.53 bits per heavy atom. The smallest absolute Gasteiger partial charge is 0.0843 e. The Labute approximate surface area is 119 Å². The number of rotatable bonds is 2. The van der Waals surface area contributed by atoms with E-state index in [-0.39, 0.29) is 18.4 Å². The van der Waals surface area contributed by atoms with Crippen LogP contribution in [0.15, 0.2) is 31.2 Å². The Morgan fingerprint density at radius 2 is 2.07 bits per heavy atom. The molecule has 2 rings (SSSR count). The van der Waals surface area contributed by atoms with Crippen molar-refractivity contribution >= 4 is 66.9 Å². The zero-order valence-corrected chi connectivity index (χ0v) is 13.1. The summed E-state index contributed by atoms with van der Waals surface area (Å²) < 4.78 is 2.17. The fraction of sp³-hybridized carbons (Fsp3) is 0.111. The maximum Gasteiger partial charge on any atom is 0.0843 e. The molecule has 1 atom stereocenters. The van der Waals surface area contributed by atoms with Crippen LogP contribution in [0.2, 0.25) is 0 Å². The first-order chi connectivity index (χ1) is 6.68. The third-order valence-electron chi connectivity index (χ3n) is 1.87. The van der Waals surface area contributed by atoms with Crippen LogP contribution in [0.5, 0.6) is 0 Å². The fourth-order valence-corrected chi connectivity index (χ4v) is 3.95. The third-order valence-corrected chi connectivity index (χ3v) is 5.91. The molecule has 0 saturated heterocycles. The monoisotopic (exact) mass is 387 g/mol. The van der Waals surface area contributed by atoms with E-state index in [1.165, 1.54) is 10.4 Å². The molecule has 6 heteroatoms. The second kappa shape index (κ2) is 5.80. The average molecular weight is 390 g/mol. The van der Waals surface area contributed by atoms with Gasteiger partial charge in [0.05, 0.1) is 9.83 Å². The van der Waals surface area contributed by atoms with Gasteiger partial charge in [0.2, 0.25) is 0 Å². The molecule has 0 bridgehead atoms. The molecule has 0 aliphatic heterocycles. The molecule has 0 fully saturated rings. The van der Waals surface area contributed by atoms with Crippen LogP contribution in [0.1, 0.15) is 16.5 Å². The summed E-state index contributed by atoms with van der Waals surface area (Å²) in [5, 5.41) is 4.14. The molecule has 82 valence electrons. The van der Waals surface area contributed by atoms with E-state index in [1.807, 2.05) is 5.38 Å². The van der Waals surface area contributed by atoms with Crippen molar-refractivity contribution in [2.45, 2.75) is 6.04 Å². The molecule has 2 aromatic rings. The van der Waals surface area contributed by atoms with Gasteiger partial charge in [0, 0.05) is 9.35 Å². The highest BCUT2D eigenvalue weighted by molar-refractivity contribution is 9.13. The van der Waals surface area contributed by atoms with E-state index >= 15 is 0 Å². The molecular formula is C9H8Br2ClNS2. The number of thiophene rings is 2. The van der Waals surface area contributed by atoms with Crippen molar-refractivity contribution in [3.05, 3.63) is 41.6 Å². The SMILES string of the molecule is Cl.N[C@H](c1ccsc1)c1cc(Br)c(Br)s1. The first-order valence-corrected chi connectivity index (χ1v) is 7.25. The van der Waals surface area contributed by atoms with Gasteiger partial charge < -0.3 is 5.73 Å². The van der Waals surface area contributed by atoms with Crippen LogP contribution >= 0.6 is 66.9 Å². The van der Waals surface area contributed by atoms with Gasteiger partial charge in [-0.15, -0.1) is 23.7 Å². The number of halogens is 3. The lowest BCUT2D eigenvalue weighted by molar-refractivity contribution is 0.899. The van der Waals surface area contributed by atoms with Gasteiger partial charge in [-0.25, -0.2) is 0 Å². The first kappa shape index (κ1) is 13.7. The van der Waals surface area contributed by atoms with Gasteiger partial charge in [-0.05, 0) is 60.3 Å². The van der Waals surface area contributed by atoms with Gasteiger partial charge in [0.25, 0.3) is 0 Å². The summed E-state index contributed by atoms with van der Waals surface area (Å²) in [6.07, 6.45) is 0. The normalized spacial score (nSPS) is 12.2. The molecule has 0 amide bonds. The minimum atomic E-state index is -0.00569. The lowest BCUT2D eigenvalue weighted by atomic mass is 10.1. The van der Waals surface area contributed by atoms with E-state index in [2.05, 4.69) is 49.4 Å². The molecule has 0 saturated carbocycles. The van der Waals surface area contributed by atoms with Crippen LogP contribution in [0.25, 0.3) is 0 Å². The Bertz CT molecular complexity index is 408. The molecule has 0 spiro atoms. The Balaban J connectivity index is 0.00000112. The second-order valence-corrected chi connectivity index (χ2v) is 6.84. The predicted molar refractivity (Wildman–Crippen MR) is 77.3 cm³/mol. The maximum absolute atomic E-state index is 6.12. The van der Waals surface area contributed by atoms with Gasteiger partial charge in [-0.1, -0.05) is 0 Å². The van der Waals surface area contributed by atoms with Gasteiger partial charge >= 0.3 is 0 Å². The summed E-state index contributed by atoms with van der Waals surface area (Å²) in [6, 6.07) is 4.13. The molecule has 15 heavy (non-hydrogen) atoms. The quantitative estimate of drug-likeness (QED) is 0.784. The van der Waals surface area contributed by atoms with E-state index in [1.54, 1.807) is 22.7 Å². The molecule has 2 N–H and O–H groups in total. The number of hydrogen-bond donors (Lipinski definition) is 1. The first-order valence-electron chi connectivity index (χ1n) is 3.91. The summed E-state index contributed by atoms with van der Waals surface area (Å²) in [7, 11) is 0. The van der Waals surface area contributed by atoms with Crippen molar-refractivity contribution in [3.63, 3.8) is 0 Å². The topological polar surface area (TPSA) is 26.0 Å². The zero-order chi connectivity index (χ0) is 10.1. The summed E-state index contributed by atoms with van der Waals surface area (Å²) in [5.74, 6) is 0. The molecule has 0 aromatic carbocycles. The van der Waals surface area contributed by atoms with E-state index in [9.17, 15) is 0 Å². The van der Waals surface area contributed by atoms with Crippen LogP contribution in [0, 0.1) is 0 Å². The van der Waals surface area contributed by atoms with Crippen molar-refractivity contribution in [2.75, 3.05) is 0 Å². The number of nitrogens with two attached hydrogens (primary N) is 1. The molecule has 0 radical (unpaired) electrons. The lowest BCUT2D eigenvalue weighted by Gasteiger charge is -2.05. The van der Waals surface area contributed by atoms with Crippen molar-refractivity contribution < 1.29 is 0 Å². The maximum atomic E-state index is 6.12. The molecule has 1 nitrogen and oxygen atoms in total. The fourth-order valence-electron chi connectivity index (χ4n) is 1.13. The van der Waals surface area contributed by atoms with E-state index < -0.39 is 0 Å². The Hall–Kier alpha value is 0.610. The van der Waals surface area contributed by atoms with E-state index in [0.29, 0.717) is 0 Å². The van der Waals surface area contributed by atoms with Gasteiger partial charge in [-0.2, -0.15) is 11.3 Å². The highest BCUT2D eigenvalue weighted by atomic mass is 79.9. The highest BCUT2D eigenvalue weighted by Crippen LogP contribution is 2.36. The van der Waals surface area contributed by atoms with Crippen molar-refractivity contribution in [3.8, 4) is 0 Å². The average Bonchev–Trinajstić information content (AvgIpc) is 2.76. The second-order valence-electron chi connectivity index (χ2n) is 2.80. The summed E-state index contributed by atoms with van der Waals surface area (Å²) in [4.78, 5) is 1.17. The molecule has 0 aliphatic carbocycles. The Kier molecular flexibility index (Phi) is 5.28. The minimum Gasteiger partial charge on any atom is -0.320 e. The van der Waals surface area contributed by atoms with Crippen molar-refractivity contribution in [1.82, 2.24) is 0 Å². The standard InChI is InChI=1S/C9H7Br2NS2.ClH/c10-6-3-7(14-9(6)11)8(12)5-1-2-13-4-5;/h1-4,8H,12H2;1H/t8-;/m1./s1. The molecule has 0 aliphatic rings. The lowest BCUT2D eigenvalue weighted by Crippen LogP contribution is -2.08. The van der Waals surface area contributed by atoms with Gasteiger partial charge in [0.1, 0.15) is 0 Å². The van der Waals surface area contributed by atoms with Crippen LogP contribution < -0.4 is 5.73 Å². The van der Waals surface area contributed by atoms with Crippen LogP contribution in [0.3, 0.4) is 0 Å². The summed E-state index contributed by atoms with van der Waals surface area (Å²) >= 11 is 10.3. The summed E-state index contributed by atoms with van der Waals surface area (Å²) in [5.41, 5.74) is 7.30. The van der Waals surface area contributed by atoms with E-state index in [0.717, 1.165) is 8.26 Å². The molecular weight excluding hydrogens is 382 g/mol. The van der Waals surface area contributed by atoms with Crippen molar-refractivity contribution in [2.24, 2.45) is 5.73 Å². The molecule has 0 unspecified atom stereocenters. The van der Waals surface area contributed by atoms with Crippen molar-refractivity contribution in [1.29, 1.82) is 0 Å². The van der Waals surface area contributed by atoms with Gasteiger partial charge in [0.15, 0.2) is 0 Å². The largest absolute Gasteiger partial charge is 0.320 e. The van der Waals surface area contributed by atoms with Crippen LogP contribution in [0.4, 0.5) is 0 Å². The van der Waals surface area contributed by atoms with Crippen LogP contribution in [-0.2, 0) is 0 Å². The molecule has 2 heterocycles. The van der Waals surface area contributed by atoms with Gasteiger partial charge in [-0.3, -0.25) is 0 Å². The summed E-state index contributed by atoms with van der Waals surface area (Å²) in [6.45, 7) is 0.